The van der Waals surface area contributed by atoms with E-state index < -0.39 is 11.5 Å². The Labute approximate surface area is 276 Å². The van der Waals surface area contributed by atoms with Crippen LogP contribution in [-0.4, -0.2) is 59.9 Å². The zero-order valence-electron chi connectivity index (χ0n) is 27.3. The van der Waals surface area contributed by atoms with Crippen molar-refractivity contribution in [3.63, 3.8) is 0 Å². The molecule has 3 amide bonds. The third-order valence-corrected chi connectivity index (χ3v) is 11.0. The van der Waals surface area contributed by atoms with Gasteiger partial charge in [0.1, 0.15) is 17.5 Å². The van der Waals surface area contributed by atoms with Crippen LogP contribution in [0.2, 0.25) is 0 Å². The van der Waals surface area contributed by atoms with Crippen molar-refractivity contribution in [1.29, 1.82) is 0 Å². The largest absolute Gasteiger partial charge is 0.493 e. The number of nitrogens with zero attached hydrogens (tertiary/aromatic N) is 2. The molecule has 2 aliphatic carbocycles. The lowest BCUT2D eigenvalue weighted by Gasteiger charge is -2.39. The van der Waals surface area contributed by atoms with Gasteiger partial charge in [-0.05, 0) is 97.1 Å². The number of ether oxygens (including phenoxy) is 2. The number of fused-ring (bicyclic) bond motifs is 1. The number of hydrogen-bond donors (Lipinski definition) is 3. The molecule has 3 N–H and O–H groups in total. The third kappa shape index (κ3) is 6.27. The lowest BCUT2D eigenvalue weighted by atomic mass is 9.70. The third-order valence-electron chi connectivity index (χ3n) is 11.0. The summed E-state index contributed by atoms with van der Waals surface area (Å²) >= 11 is 0. The molecule has 3 aromatic rings. The van der Waals surface area contributed by atoms with Crippen LogP contribution in [0, 0.1) is 17.3 Å². The molecule has 2 saturated carbocycles. The molecular formula is C37H45N5O5. The van der Waals surface area contributed by atoms with Gasteiger partial charge in [0.25, 0.3) is 5.91 Å². The first kappa shape index (κ1) is 31.4. The summed E-state index contributed by atoms with van der Waals surface area (Å²) in [6.07, 6.45) is 8.36. The number of nitrogens with one attached hydrogen (secondary N) is 3. The Hall–Kier alpha value is -4.18. The summed E-state index contributed by atoms with van der Waals surface area (Å²) in [6.45, 7) is 4.23. The number of amides is 3. The molecule has 3 unspecified atom stereocenters. The summed E-state index contributed by atoms with van der Waals surface area (Å²) in [5.41, 5.74) is 2.20. The normalized spacial score (nSPS) is 24.2. The van der Waals surface area contributed by atoms with E-state index >= 15 is 0 Å². The number of aromatic nitrogens is 2. The number of para-hydroxylation sites is 1. The molecule has 3 fully saturated rings. The van der Waals surface area contributed by atoms with E-state index in [0.29, 0.717) is 50.1 Å². The zero-order valence-corrected chi connectivity index (χ0v) is 27.3. The Morgan fingerprint density at radius 2 is 1.85 bits per heavy atom. The van der Waals surface area contributed by atoms with Gasteiger partial charge in [0.15, 0.2) is 0 Å². The Kier molecular flexibility index (Phi) is 8.55. The maximum atomic E-state index is 14.4. The number of anilines is 1. The van der Waals surface area contributed by atoms with Crippen molar-refractivity contribution in [2.24, 2.45) is 24.3 Å². The molecule has 4 atom stereocenters. The first-order valence-corrected chi connectivity index (χ1v) is 17.0. The van der Waals surface area contributed by atoms with Gasteiger partial charge in [0.2, 0.25) is 11.8 Å². The smallest absolute Gasteiger partial charge is 0.270 e. The Balaban J connectivity index is 1.17. The van der Waals surface area contributed by atoms with Gasteiger partial charge in [-0.15, -0.1) is 0 Å². The van der Waals surface area contributed by atoms with Gasteiger partial charge < -0.3 is 25.4 Å². The van der Waals surface area contributed by atoms with E-state index in [4.69, 9.17) is 9.47 Å². The topological polar surface area (TPSA) is 124 Å². The van der Waals surface area contributed by atoms with Crippen LogP contribution in [0.4, 0.5) is 5.69 Å². The van der Waals surface area contributed by atoms with E-state index in [1.807, 2.05) is 42.5 Å². The lowest BCUT2D eigenvalue weighted by Crippen LogP contribution is -2.51. The zero-order chi connectivity index (χ0) is 32.6. The molecule has 2 aliphatic heterocycles. The van der Waals surface area contributed by atoms with Crippen LogP contribution in [0.3, 0.4) is 0 Å². The van der Waals surface area contributed by atoms with Crippen molar-refractivity contribution in [2.45, 2.75) is 69.2 Å². The van der Waals surface area contributed by atoms with Crippen molar-refractivity contribution < 1.29 is 23.9 Å². The summed E-state index contributed by atoms with van der Waals surface area (Å²) in [5, 5.41) is 13.7. The summed E-state index contributed by atoms with van der Waals surface area (Å²) in [4.78, 5) is 41.8. The van der Waals surface area contributed by atoms with Gasteiger partial charge in [-0.2, -0.15) is 5.10 Å². The molecule has 248 valence electrons. The predicted molar refractivity (Wildman–Crippen MR) is 177 cm³/mol. The highest BCUT2D eigenvalue weighted by Crippen LogP contribution is 2.50. The first-order chi connectivity index (χ1) is 22.8. The second-order valence-electron chi connectivity index (χ2n) is 14.3. The van der Waals surface area contributed by atoms with Crippen LogP contribution in [0.5, 0.6) is 5.75 Å². The fourth-order valence-electron chi connectivity index (χ4n) is 7.87. The van der Waals surface area contributed by atoms with Crippen molar-refractivity contribution >= 4 is 23.4 Å². The Bertz CT molecular complexity index is 1640. The maximum absolute atomic E-state index is 14.4. The van der Waals surface area contributed by atoms with E-state index in [1.165, 1.54) is 11.1 Å². The summed E-state index contributed by atoms with van der Waals surface area (Å²) in [5.74, 6) is 0.393. The molecule has 7 rings (SSSR count). The molecular weight excluding hydrogens is 594 g/mol. The average Bonchev–Trinajstić information content (AvgIpc) is 3.59. The van der Waals surface area contributed by atoms with Crippen LogP contribution >= 0.6 is 0 Å². The maximum Gasteiger partial charge on any atom is 0.270 e. The predicted octanol–water partition coefficient (Wildman–Crippen LogP) is 4.71. The second kappa shape index (κ2) is 12.8. The fourth-order valence-corrected chi connectivity index (χ4v) is 7.87. The number of hydrogen-bond acceptors (Lipinski definition) is 6. The van der Waals surface area contributed by atoms with Crippen LogP contribution < -0.4 is 20.7 Å². The molecule has 1 aromatic heterocycles. The first-order valence-electron chi connectivity index (χ1n) is 17.0. The molecule has 1 saturated heterocycles. The molecule has 0 radical (unpaired) electrons. The van der Waals surface area contributed by atoms with Gasteiger partial charge in [-0.25, -0.2) is 0 Å². The van der Waals surface area contributed by atoms with E-state index in [1.54, 1.807) is 19.3 Å². The number of carbonyl (C=O) groups is 3. The van der Waals surface area contributed by atoms with E-state index in [-0.39, 0.29) is 35.0 Å². The summed E-state index contributed by atoms with van der Waals surface area (Å²) < 4.78 is 13.3. The van der Waals surface area contributed by atoms with Gasteiger partial charge in [0, 0.05) is 32.1 Å². The average molecular weight is 640 g/mol. The van der Waals surface area contributed by atoms with Crippen molar-refractivity contribution in [3.05, 3.63) is 77.6 Å². The summed E-state index contributed by atoms with van der Waals surface area (Å²) in [6, 6.07) is 16.4. The highest BCUT2D eigenvalue weighted by molar-refractivity contribution is 6.01. The minimum Gasteiger partial charge on any atom is -0.493 e. The second-order valence-corrected chi connectivity index (χ2v) is 14.3. The number of rotatable bonds is 11. The number of carbonyl (C=O) groups excluding carboxylic acids is 3. The number of aryl methyl sites for hydroxylation is 1. The highest BCUT2D eigenvalue weighted by atomic mass is 16.5. The van der Waals surface area contributed by atoms with Gasteiger partial charge >= 0.3 is 0 Å². The molecule has 4 aliphatic rings. The van der Waals surface area contributed by atoms with E-state index in [0.717, 1.165) is 49.0 Å². The standard InChI is InChI=1S/C37H45N5O5/c1-36(15-6-16-36)22-38-35(45)37(17-20-46-23-37)25-7-5-8-26(21-25)40-34(44)32(41-33(43)29-13-18-39-42(29)2)31(24-11-12-24)28-14-19-47-30-10-4-3-9-27(28)30/h3-5,7-10,13,18,21,24,28,31-32H,6,11-12,14-17,19-20,22-23H2,1-2H3,(H,38,45)(H,40,44)(H,41,43)/t28?,31?,32-,37?/m0/s1. The fraction of sp³-hybridized carbons (Fsp3) is 0.514. The van der Waals surface area contributed by atoms with E-state index in [2.05, 4.69) is 34.0 Å². The van der Waals surface area contributed by atoms with Crippen LogP contribution in [-0.2, 0) is 26.8 Å². The molecule has 10 heteroatoms. The highest BCUT2D eigenvalue weighted by Gasteiger charge is 2.48. The molecule has 3 heterocycles. The van der Waals surface area contributed by atoms with Crippen molar-refractivity contribution in [1.82, 2.24) is 20.4 Å². The molecule has 10 nitrogen and oxygen atoms in total. The SMILES string of the molecule is Cn1nccc1C(=O)N[C@H](C(=O)Nc1cccc(C2(C(=O)NCC3(C)CCC3)CCOC2)c1)C(C1CC1)C1CCOc2ccccc21. The van der Waals surface area contributed by atoms with Gasteiger partial charge in [0.05, 0.1) is 18.6 Å². The van der Waals surface area contributed by atoms with Gasteiger partial charge in [-0.1, -0.05) is 43.7 Å². The Morgan fingerprint density at radius 3 is 2.55 bits per heavy atom. The van der Waals surface area contributed by atoms with Crippen LogP contribution in [0.25, 0.3) is 0 Å². The minimum atomic E-state index is -0.823. The molecule has 47 heavy (non-hydrogen) atoms. The van der Waals surface area contributed by atoms with Crippen LogP contribution in [0.15, 0.2) is 60.8 Å². The summed E-state index contributed by atoms with van der Waals surface area (Å²) in [7, 11) is 1.72. The minimum absolute atomic E-state index is 0.0279. The number of benzene rings is 2. The molecule has 2 aromatic carbocycles. The van der Waals surface area contributed by atoms with Crippen molar-refractivity contribution in [3.8, 4) is 5.75 Å². The van der Waals surface area contributed by atoms with Crippen LogP contribution in [0.1, 0.15) is 79.4 Å². The molecule has 0 bridgehead atoms. The van der Waals surface area contributed by atoms with Crippen molar-refractivity contribution in [2.75, 3.05) is 31.7 Å². The quantitative estimate of drug-likeness (QED) is 0.279. The monoisotopic (exact) mass is 639 g/mol. The Morgan fingerprint density at radius 1 is 1.02 bits per heavy atom. The lowest BCUT2D eigenvalue weighted by molar-refractivity contribution is -0.127. The van der Waals surface area contributed by atoms with E-state index in [9.17, 15) is 14.4 Å². The molecule has 0 spiro atoms. The van der Waals surface area contributed by atoms with Gasteiger partial charge in [-0.3, -0.25) is 19.1 Å².